The summed E-state index contributed by atoms with van der Waals surface area (Å²) >= 11 is 0. The van der Waals surface area contributed by atoms with E-state index in [9.17, 15) is 14.4 Å². The molecular weight excluding hydrogens is 474 g/mol. The number of anilines is 1. The third-order valence-electron chi connectivity index (χ3n) is 6.22. The van der Waals surface area contributed by atoms with Crippen LogP contribution >= 0.6 is 0 Å². The quantitative estimate of drug-likeness (QED) is 0.450. The van der Waals surface area contributed by atoms with Crippen LogP contribution in [0.2, 0.25) is 0 Å². The normalized spacial score (nSPS) is 17.5. The number of likely N-dealkylation sites (tertiary alicyclic amines) is 1. The van der Waals surface area contributed by atoms with E-state index in [1.165, 1.54) is 4.90 Å². The number of benzene rings is 2. The number of carbonyl (C=O) groups is 3. The number of nitrogens with zero attached hydrogens (tertiary/aromatic N) is 1. The van der Waals surface area contributed by atoms with Gasteiger partial charge in [-0.25, -0.2) is 9.59 Å². The van der Waals surface area contributed by atoms with Crippen LogP contribution in [0, 0.1) is 0 Å². The molecular formula is C28H33N3O6. The van der Waals surface area contributed by atoms with E-state index in [1.54, 1.807) is 59.1 Å². The van der Waals surface area contributed by atoms with Crippen LogP contribution in [0.25, 0.3) is 10.9 Å². The Morgan fingerprint density at radius 2 is 1.81 bits per heavy atom. The van der Waals surface area contributed by atoms with Gasteiger partial charge in [-0.15, -0.1) is 0 Å². The van der Waals surface area contributed by atoms with Crippen molar-refractivity contribution in [1.82, 2.24) is 9.88 Å². The van der Waals surface area contributed by atoms with Crippen LogP contribution in [-0.4, -0.2) is 59.8 Å². The average molecular weight is 508 g/mol. The van der Waals surface area contributed by atoms with Crippen LogP contribution in [0.1, 0.15) is 56.1 Å². The number of esters is 1. The molecule has 0 spiro atoms. The second-order valence-corrected chi connectivity index (χ2v) is 9.98. The van der Waals surface area contributed by atoms with Crippen molar-refractivity contribution in [2.45, 2.75) is 51.7 Å². The molecule has 1 aliphatic rings. The van der Waals surface area contributed by atoms with E-state index in [-0.39, 0.29) is 18.4 Å². The number of methoxy groups -OCH3 is 1. The molecule has 1 fully saturated rings. The van der Waals surface area contributed by atoms with Gasteiger partial charge in [-0.3, -0.25) is 9.69 Å². The molecule has 0 unspecified atom stereocenters. The lowest BCUT2D eigenvalue weighted by Gasteiger charge is -2.30. The van der Waals surface area contributed by atoms with Crippen molar-refractivity contribution >= 4 is 34.6 Å². The standard InChI is InChI=1S/C28H33N3O6/c1-6-36-26(33)23-16-18-15-19(9-12-22(18)30-23)29-25(32)24-21(17-7-10-20(35-5)11-8-17)13-14-31(24)27(34)37-28(2,3)4/h7-12,15-16,21,24,30H,6,13-14H2,1-5H3,(H,29,32)/t21-,24+/m1/s1. The fourth-order valence-electron chi connectivity index (χ4n) is 4.59. The van der Waals surface area contributed by atoms with Crippen LogP contribution in [0.5, 0.6) is 5.75 Å². The maximum absolute atomic E-state index is 13.7. The Hall–Kier alpha value is -4.01. The minimum atomic E-state index is -0.764. The Morgan fingerprint density at radius 3 is 2.46 bits per heavy atom. The second-order valence-electron chi connectivity index (χ2n) is 9.98. The number of amides is 2. The molecule has 2 heterocycles. The third kappa shape index (κ3) is 5.87. The molecule has 1 aromatic heterocycles. The minimum absolute atomic E-state index is 0.218. The highest BCUT2D eigenvalue weighted by atomic mass is 16.6. The summed E-state index contributed by atoms with van der Waals surface area (Å²) in [5.41, 5.74) is 1.88. The van der Waals surface area contributed by atoms with Gasteiger partial charge in [-0.2, -0.15) is 0 Å². The number of H-pyrrole nitrogens is 1. The molecule has 9 nitrogen and oxygen atoms in total. The fourth-order valence-corrected chi connectivity index (χ4v) is 4.59. The van der Waals surface area contributed by atoms with Gasteiger partial charge < -0.3 is 24.5 Å². The molecule has 0 aliphatic carbocycles. The highest BCUT2D eigenvalue weighted by molar-refractivity contribution is 6.00. The van der Waals surface area contributed by atoms with Gasteiger partial charge in [0.1, 0.15) is 23.1 Å². The maximum Gasteiger partial charge on any atom is 0.410 e. The molecule has 4 rings (SSSR count). The summed E-state index contributed by atoms with van der Waals surface area (Å²) in [5, 5.41) is 3.72. The van der Waals surface area contributed by atoms with Crippen LogP contribution in [-0.2, 0) is 14.3 Å². The number of fused-ring (bicyclic) bond motifs is 1. The van der Waals surface area contributed by atoms with Gasteiger partial charge >= 0.3 is 12.1 Å². The van der Waals surface area contributed by atoms with Crippen molar-refractivity contribution in [2.75, 3.05) is 25.6 Å². The average Bonchev–Trinajstić information content (AvgIpc) is 3.48. The molecule has 0 bridgehead atoms. The van der Waals surface area contributed by atoms with Crippen LogP contribution in [0.4, 0.5) is 10.5 Å². The summed E-state index contributed by atoms with van der Waals surface area (Å²) in [6.07, 6.45) is 0.0903. The number of ether oxygens (including phenoxy) is 3. The van der Waals surface area contributed by atoms with Gasteiger partial charge in [0.25, 0.3) is 0 Å². The summed E-state index contributed by atoms with van der Waals surface area (Å²) in [4.78, 5) is 43.3. The lowest BCUT2D eigenvalue weighted by atomic mass is 9.91. The summed E-state index contributed by atoms with van der Waals surface area (Å²) in [6.45, 7) is 7.82. The lowest BCUT2D eigenvalue weighted by molar-refractivity contribution is -0.120. The van der Waals surface area contributed by atoms with Crippen LogP contribution < -0.4 is 10.1 Å². The van der Waals surface area contributed by atoms with Gasteiger partial charge in [0.15, 0.2) is 0 Å². The molecule has 9 heteroatoms. The number of carbonyl (C=O) groups excluding carboxylic acids is 3. The van der Waals surface area contributed by atoms with Gasteiger partial charge in [0.05, 0.1) is 13.7 Å². The molecule has 2 amide bonds. The first kappa shape index (κ1) is 26.1. The van der Waals surface area contributed by atoms with Gasteiger partial charge in [-0.1, -0.05) is 12.1 Å². The molecule has 196 valence electrons. The zero-order valence-electron chi connectivity index (χ0n) is 21.8. The Balaban J connectivity index is 1.61. The first-order valence-corrected chi connectivity index (χ1v) is 12.3. The summed E-state index contributed by atoms with van der Waals surface area (Å²) in [7, 11) is 1.60. The number of aromatic amines is 1. The topological polar surface area (TPSA) is 110 Å². The SMILES string of the molecule is CCOC(=O)c1cc2cc(NC(=O)[C@@H]3[C@@H](c4ccc(OC)cc4)CCN3C(=O)OC(C)(C)C)ccc2[nH]1. The second kappa shape index (κ2) is 10.5. The molecule has 0 saturated carbocycles. The van der Waals surface area contributed by atoms with E-state index >= 15 is 0 Å². The van der Waals surface area contributed by atoms with Crippen LogP contribution in [0.3, 0.4) is 0 Å². The van der Waals surface area contributed by atoms with Crippen molar-refractivity contribution < 1.29 is 28.6 Å². The third-order valence-corrected chi connectivity index (χ3v) is 6.22. The van der Waals surface area contributed by atoms with Crippen molar-refractivity contribution in [3.05, 3.63) is 59.8 Å². The Morgan fingerprint density at radius 1 is 1.08 bits per heavy atom. The predicted molar refractivity (Wildman–Crippen MR) is 140 cm³/mol. The predicted octanol–water partition coefficient (Wildman–Crippen LogP) is 5.08. The fraction of sp³-hybridized carbons (Fsp3) is 0.393. The minimum Gasteiger partial charge on any atom is -0.497 e. The molecule has 0 radical (unpaired) electrons. The van der Waals surface area contributed by atoms with E-state index in [1.807, 2.05) is 24.3 Å². The van der Waals surface area contributed by atoms with Crippen molar-refractivity contribution in [3.8, 4) is 5.75 Å². The van der Waals surface area contributed by atoms with Crippen molar-refractivity contribution in [1.29, 1.82) is 0 Å². The summed E-state index contributed by atoms with van der Waals surface area (Å²) in [5.74, 6) is -0.256. The maximum atomic E-state index is 13.7. The Kier molecular flexibility index (Phi) is 7.42. The van der Waals surface area contributed by atoms with Crippen LogP contribution in [0.15, 0.2) is 48.5 Å². The highest BCUT2D eigenvalue weighted by Crippen LogP contribution is 2.36. The van der Waals surface area contributed by atoms with Crippen molar-refractivity contribution in [2.24, 2.45) is 0 Å². The number of rotatable bonds is 6. The first-order chi connectivity index (χ1) is 17.6. The smallest absolute Gasteiger partial charge is 0.410 e. The monoisotopic (exact) mass is 507 g/mol. The molecule has 3 aromatic rings. The highest BCUT2D eigenvalue weighted by Gasteiger charge is 2.44. The van der Waals surface area contributed by atoms with E-state index in [0.717, 1.165) is 16.5 Å². The van der Waals surface area contributed by atoms with E-state index in [2.05, 4.69) is 10.3 Å². The first-order valence-electron chi connectivity index (χ1n) is 12.3. The number of aromatic nitrogens is 1. The molecule has 2 aromatic carbocycles. The van der Waals surface area contributed by atoms with E-state index in [4.69, 9.17) is 14.2 Å². The molecule has 37 heavy (non-hydrogen) atoms. The van der Waals surface area contributed by atoms with Crippen molar-refractivity contribution in [3.63, 3.8) is 0 Å². The largest absolute Gasteiger partial charge is 0.497 e. The Bertz CT molecular complexity index is 1290. The number of hydrogen-bond donors (Lipinski definition) is 2. The van der Waals surface area contributed by atoms with Gasteiger partial charge in [-0.05, 0) is 76.1 Å². The molecule has 1 aliphatic heterocycles. The summed E-state index contributed by atoms with van der Waals surface area (Å²) < 4.78 is 15.9. The van der Waals surface area contributed by atoms with Gasteiger partial charge in [0.2, 0.25) is 5.91 Å². The zero-order chi connectivity index (χ0) is 26.7. The van der Waals surface area contributed by atoms with E-state index < -0.39 is 23.7 Å². The Labute approximate surface area is 216 Å². The zero-order valence-corrected chi connectivity index (χ0v) is 21.8. The lowest BCUT2D eigenvalue weighted by Crippen LogP contribution is -2.47. The number of hydrogen-bond acceptors (Lipinski definition) is 6. The van der Waals surface area contributed by atoms with Gasteiger partial charge in [0, 0.05) is 29.1 Å². The molecule has 2 atom stereocenters. The van der Waals surface area contributed by atoms with E-state index in [0.29, 0.717) is 30.1 Å². The summed E-state index contributed by atoms with van der Waals surface area (Å²) in [6, 6.07) is 13.8. The molecule has 1 saturated heterocycles. The number of nitrogens with one attached hydrogen (secondary N) is 2. The molecule has 2 N–H and O–H groups in total.